The summed E-state index contributed by atoms with van der Waals surface area (Å²) in [6.07, 6.45) is 44.6. The van der Waals surface area contributed by atoms with Crippen molar-refractivity contribution >= 4 is 16.5 Å². The van der Waals surface area contributed by atoms with Crippen molar-refractivity contribution in [2.45, 2.75) is 194 Å². The number of unbranched alkanes of at least 4 members (excludes halogenated alkanes) is 24. The molecule has 6 nitrogen and oxygen atoms in total. The second-order valence-electron chi connectivity index (χ2n) is 12.1. The Bertz CT molecular complexity index is 600. The Labute approximate surface area is 373 Å². The Morgan fingerprint density at radius 2 is 0.609 bits per heavy atom. The minimum atomic E-state index is -2.96. The van der Waals surface area contributed by atoms with Gasteiger partial charge in [-0.2, -0.15) is 0 Å². The fraction of sp³-hybridized carbons (Fsp3) is 0.889. The van der Waals surface area contributed by atoms with Gasteiger partial charge in [-0.1, -0.05) is 154 Å². The van der Waals surface area contributed by atoms with E-state index in [-0.39, 0.29) is 103 Å². The normalized spacial score (nSPS) is 12.4. The first-order valence-corrected chi connectivity index (χ1v) is 21.0. The Hall–Kier alpha value is 3.05. The van der Waals surface area contributed by atoms with Crippen LogP contribution in [0.3, 0.4) is 0 Å². The molecule has 0 saturated carbocycles. The van der Waals surface area contributed by atoms with Gasteiger partial charge in [0.15, 0.2) is 0 Å². The first kappa shape index (κ1) is 55.8. The first-order chi connectivity index (χ1) is 21.5. The predicted molar refractivity (Wildman–Crippen MR) is 189 cm³/mol. The van der Waals surface area contributed by atoms with E-state index >= 15 is 0 Å². The largest absolute Gasteiger partial charge is 1.00 e. The molecule has 2 atom stereocenters. The molecule has 0 aromatic rings. The third kappa shape index (κ3) is 59.2. The summed E-state index contributed by atoms with van der Waals surface area (Å²) < 4.78 is 29.5. The molecule has 0 N–H and O–H groups in total. The summed E-state index contributed by atoms with van der Waals surface area (Å²) in [5, 5.41) is 0. The van der Waals surface area contributed by atoms with Gasteiger partial charge in [-0.15, -0.1) is 0 Å². The second kappa shape index (κ2) is 52.4. The maximum atomic E-state index is 10.2. The summed E-state index contributed by atoms with van der Waals surface area (Å²) in [5.41, 5.74) is 0. The minimum absolute atomic E-state index is 0. The van der Waals surface area contributed by atoms with E-state index in [1.165, 1.54) is 154 Å². The van der Waals surface area contributed by atoms with E-state index in [0.717, 1.165) is 25.7 Å². The smallest absolute Gasteiger partial charge is 0.781 e. The van der Waals surface area contributed by atoms with Gasteiger partial charge < -0.3 is 28.0 Å². The van der Waals surface area contributed by atoms with E-state index in [2.05, 4.69) is 47.2 Å². The molecule has 0 fully saturated rings. The molecule has 0 aliphatic carbocycles. The fourth-order valence-electron chi connectivity index (χ4n) is 5.01. The SMILES string of the molecule is CCCCCCCCC=CCCCCCCCCO[PH](=O)[O-].CCCCCCCCC=CCCCCCCCCO[PH](=O)[O-].[K+].[K+]. The van der Waals surface area contributed by atoms with Crippen LogP contribution in [0.4, 0.5) is 0 Å². The van der Waals surface area contributed by atoms with Crippen LogP contribution >= 0.6 is 16.5 Å². The zero-order chi connectivity index (χ0) is 32.6. The van der Waals surface area contributed by atoms with Gasteiger partial charge in [0.2, 0.25) is 0 Å². The van der Waals surface area contributed by atoms with Crippen LogP contribution in [0.1, 0.15) is 194 Å². The van der Waals surface area contributed by atoms with E-state index in [1.807, 2.05) is 0 Å². The molecular formula is C36H72K2O6P2. The third-order valence-electron chi connectivity index (χ3n) is 7.75. The Morgan fingerprint density at radius 1 is 0.391 bits per heavy atom. The molecule has 10 heteroatoms. The van der Waals surface area contributed by atoms with Crippen molar-refractivity contribution < 1.29 is 131 Å². The van der Waals surface area contributed by atoms with Gasteiger partial charge in [0, 0.05) is 0 Å². The Kier molecular flexibility index (Phi) is 63.6. The second-order valence-corrected chi connectivity index (χ2v) is 13.6. The van der Waals surface area contributed by atoms with Gasteiger partial charge >= 0.3 is 103 Å². The standard InChI is InChI=1S/2C18H37O3P.2K/c2*1-2-3-4-5-6-7-8-9-10-11-12-13-14-15-16-17-18-21-22(19)20;;/h2*9-10,22H,2-8,11-18H2,1H3,(H,19,20);;/q;;2*+1/p-2. The summed E-state index contributed by atoms with van der Waals surface area (Å²) in [6.45, 7) is 5.25. The third-order valence-corrected chi connectivity index (χ3v) is 8.63. The minimum Gasteiger partial charge on any atom is -0.781 e. The van der Waals surface area contributed by atoms with Crippen molar-refractivity contribution in [1.29, 1.82) is 0 Å². The van der Waals surface area contributed by atoms with Crippen LogP contribution in [0.2, 0.25) is 0 Å². The molecule has 0 aliphatic heterocycles. The van der Waals surface area contributed by atoms with Crippen LogP contribution in [0, 0.1) is 0 Å². The van der Waals surface area contributed by atoms with Crippen molar-refractivity contribution in [2.24, 2.45) is 0 Å². The maximum Gasteiger partial charge on any atom is 1.00 e. The fourth-order valence-corrected chi connectivity index (χ4v) is 5.63. The molecule has 0 amide bonds. The summed E-state index contributed by atoms with van der Waals surface area (Å²) >= 11 is 0. The molecule has 0 radical (unpaired) electrons. The number of rotatable bonds is 34. The van der Waals surface area contributed by atoms with Gasteiger partial charge in [0.25, 0.3) is 0 Å². The van der Waals surface area contributed by atoms with Crippen molar-refractivity contribution in [3.8, 4) is 0 Å². The van der Waals surface area contributed by atoms with E-state index in [9.17, 15) is 18.9 Å². The molecule has 0 rings (SSSR count). The van der Waals surface area contributed by atoms with Gasteiger partial charge in [-0.05, 0) is 64.2 Å². The van der Waals surface area contributed by atoms with E-state index < -0.39 is 16.5 Å². The van der Waals surface area contributed by atoms with Gasteiger partial charge in [0.1, 0.15) is 16.5 Å². The number of allylic oxidation sites excluding steroid dienone is 4. The topological polar surface area (TPSA) is 98.7 Å². The monoisotopic (exact) mass is 740 g/mol. The average Bonchev–Trinajstić information content (AvgIpc) is 3.00. The van der Waals surface area contributed by atoms with Crippen LogP contribution in [-0.2, 0) is 18.2 Å². The van der Waals surface area contributed by atoms with Crippen molar-refractivity contribution in [2.75, 3.05) is 13.2 Å². The molecule has 0 aromatic carbocycles. The maximum absolute atomic E-state index is 10.2. The van der Waals surface area contributed by atoms with Gasteiger partial charge in [-0.25, -0.2) is 0 Å². The van der Waals surface area contributed by atoms with Crippen LogP contribution in [0.15, 0.2) is 24.3 Å². The Balaban J connectivity index is -0.000000367. The molecule has 264 valence electrons. The summed E-state index contributed by atoms with van der Waals surface area (Å²) in [6, 6.07) is 0. The molecule has 2 unspecified atom stereocenters. The van der Waals surface area contributed by atoms with Crippen LogP contribution in [0.5, 0.6) is 0 Å². The average molecular weight is 741 g/mol. The van der Waals surface area contributed by atoms with Crippen LogP contribution in [-0.4, -0.2) is 13.2 Å². The molecule has 0 aliphatic rings. The predicted octanol–water partition coefficient (Wildman–Crippen LogP) is 5.59. The molecule has 0 spiro atoms. The zero-order valence-electron chi connectivity index (χ0n) is 31.0. The number of hydrogen-bond acceptors (Lipinski definition) is 6. The number of hydrogen-bond donors (Lipinski definition) is 0. The quantitative estimate of drug-likeness (QED) is 0.0370. The molecular weight excluding hydrogens is 669 g/mol. The van der Waals surface area contributed by atoms with E-state index in [1.54, 1.807) is 0 Å². The van der Waals surface area contributed by atoms with Crippen molar-refractivity contribution in [3.63, 3.8) is 0 Å². The molecule has 0 saturated heterocycles. The van der Waals surface area contributed by atoms with Gasteiger partial charge in [-0.3, -0.25) is 0 Å². The van der Waals surface area contributed by atoms with Gasteiger partial charge in [0.05, 0.1) is 13.2 Å². The summed E-state index contributed by atoms with van der Waals surface area (Å²) in [4.78, 5) is 20.4. The first-order valence-electron chi connectivity index (χ1n) is 18.5. The molecule has 0 heterocycles. The molecule has 0 aromatic heterocycles. The van der Waals surface area contributed by atoms with Crippen molar-refractivity contribution in [3.05, 3.63) is 24.3 Å². The summed E-state index contributed by atoms with van der Waals surface area (Å²) in [7, 11) is -5.92. The molecule has 46 heavy (non-hydrogen) atoms. The summed E-state index contributed by atoms with van der Waals surface area (Å²) in [5.74, 6) is 0. The van der Waals surface area contributed by atoms with E-state index in [0.29, 0.717) is 13.2 Å². The van der Waals surface area contributed by atoms with E-state index in [4.69, 9.17) is 0 Å². The zero-order valence-corrected chi connectivity index (χ0v) is 39.2. The van der Waals surface area contributed by atoms with Crippen LogP contribution < -0.4 is 113 Å². The van der Waals surface area contributed by atoms with Crippen LogP contribution in [0.25, 0.3) is 0 Å². The van der Waals surface area contributed by atoms with Crippen molar-refractivity contribution in [1.82, 2.24) is 0 Å². The molecule has 0 bridgehead atoms. The Morgan fingerprint density at radius 3 is 0.848 bits per heavy atom.